The van der Waals surface area contributed by atoms with E-state index in [4.69, 9.17) is 22.1 Å². The molecule has 1 heterocycles. The van der Waals surface area contributed by atoms with Crippen molar-refractivity contribution in [1.29, 1.82) is 0 Å². The second-order valence-electron chi connectivity index (χ2n) is 5.98. The highest BCUT2D eigenvalue weighted by Crippen LogP contribution is 2.34. The fraction of sp³-hybridized carbons (Fsp3) is 0. The maximum Gasteiger partial charge on any atom is 0.248 e. The lowest BCUT2D eigenvalue weighted by Gasteiger charge is -2.14. The van der Waals surface area contributed by atoms with E-state index in [1.54, 1.807) is 23.0 Å². The first kappa shape index (κ1) is 17.8. The number of halogens is 1. The van der Waals surface area contributed by atoms with E-state index in [2.05, 4.69) is 10.3 Å². The van der Waals surface area contributed by atoms with Gasteiger partial charge in [-0.3, -0.25) is 4.79 Å². The van der Waals surface area contributed by atoms with Crippen molar-refractivity contribution >= 4 is 17.5 Å². The van der Waals surface area contributed by atoms with Gasteiger partial charge >= 0.3 is 0 Å². The minimum atomic E-state index is -0.552. The molecule has 0 saturated heterocycles. The average molecular weight is 391 g/mol. The summed E-state index contributed by atoms with van der Waals surface area (Å²) < 4.78 is 7.72. The monoisotopic (exact) mass is 390 g/mol. The average Bonchev–Trinajstić information content (AvgIpc) is 3.20. The highest BCUT2D eigenvalue weighted by molar-refractivity contribution is 6.32. The Bertz CT molecular complexity index is 1140. The molecule has 4 rings (SSSR count). The molecule has 138 valence electrons. The second kappa shape index (κ2) is 7.54. The normalized spacial score (nSPS) is 10.6. The molecule has 4 aromatic rings. The third-order valence-corrected chi connectivity index (χ3v) is 4.44. The van der Waals surface area contributed by atoms with Crippen LogP contribution in [0.2, 0.25) is 5.02 Å². The van der Waals surface area contributed by atoms with Crippen LogP contribution in [-0.4, -0.2) is 20.9 Å². The Kier molecular flexibility index (Phi) is 4.78. The van der Waals surface area contributed by atoms with E-state index in [1.807, 2.05) is 54.6 Å². The summed E-state index contributed by atoms with van der Waals surface area (Å²) >= 11 is 6.26. The minimum Gasteiger partial charge on any atom is -0.454 e. The summed E-state index contributed by atoms with van der Waals surface area (Å²) in [4.78, 5) is 11.3. The van der Waals surface area contributed by atoms with Crippen molar-refractivity contribution < 1.29 is 9.53 Å². The van der Waals surface area contributed by atoms with Crippen molar-refractivity contribution in [2.75, 3.05) is 0 Å². The highest BCUT2D eigenvalue weighted by atomic mass is 35.5. The van der Waals surface area contributed by atoms with Gasteiger partial charge in [0, 0.05) is 11.1 Å². The summed E-state index contributed by atoms with van der Waals surface area (Å²) in [5, 5.41) is 8.55. The number of primary amides is 1. The van der Waals surface area contributed by atoms with Crippen LogP contribution in [0.15, 0.2) is 79.0 Å². The predicted octanol–water partition coefficient (Wildman–Crippen LogP) is 4.48. The maximum absolute atomic E-state index is 11.3. The lowest BCUT2D eigenvalue weighted by Crippen LogP contribution is -2.10. The van der Waals surface area contributed by atoms with E-state index < -0.39 is 5.91 Å². The van der Waals surface area contributed by atoms with Gasteiger partial charge in [0.25, 0.3) is 0 Å². The fourth-order valence-corrected chi connectivity index (χ4v) is 3.01. The number of hydrogen-bond acceptors (Lipinski definition) is 4. The number of para-hydroxylation sites is 2. The molecule has 7 heteroatoms. The first-order valence-electron chi connectivity index (χ1n) is 8.46. The second-order valence-corrected chi connectivity index (χ2v) is 6.38. The van der Waals surface area contributed by atoms with E-state index in [1.165, 1.54) is 6.07 Å². The Labute approximate surface area is 166 Å². The summed E-state index contributed by atoms with van der Waals surface area (Å²) in [5.41, 5.74) is 8.11. The van der Waals surface area contributed by atoms with Crippen molar-refractivity contribution in [2.24, 2.45) is 5.73 Å². The molecule has 1 amide bonds. The van der Waals surface area contributed by atoms with Crippen molar-refractivity contribution in [3.63, 3.8) is 0 Å². The number of nitrogens with two attached hydrogens (primary N) is 1. The number of rotatable bonds is 5. The summed E-state index contributed by atoms with van der Waals surface area (Å²) in [5.74, 6) is 0.392. The molecule has 0 fully saturated rings. The van der Waals surface area contributed by atoms with Gasteiger partial charge in [0.1, 0.15) is 11.4 Å². The lowest BCUT2D eigenvalue weighted by molar-refractivity contribution is 0.100. The zero-order valence-electron chi connectivity index (χ0n) is 14.6. The third kappa shape index (κ3) is 3.45. The summed E-state index contributed by atoms with van der Waals surface area (Å²) in [6, 6.07) is 21.9. The Morgan fingerprint density at radius 2 is 1.71 bits per heavy atom. The molecular weight excluding hydrogens is 376 g/mol. The number of carbonyl (C=O) groups excluding carboxylic acids is 1. The van der Waals surface area contributed by atoms with Crippen LogP contribution < -0.4 is 10.5 Å². The minimum absolute atomic E-state index is 0.285. The standard InChI is InChI=1S/C21H15ClN4O2/c22-16-12-15(21(23)27)10-11-19(16)28-20-9-5-4-8-17(20)26-18(13-24-25-26)14-6-2-1-3-7-14/h1-13H,(H2,23,27). The Balaban J connectivity index is 1.74. The molecule has 0 bridgehead atoms. The highest BCUT2D eigenvalue weighted by Gasteiger charge is 2.15. The topological polar surface area (TPSA) is 83.0 Å². The van der Waals surface area contributed by atoms with Crippen LogP contribution in [0.4, 0.5) is 0 Å². The number of carbonyl (C=O) groups is 1. The maximum atomic E-state index is 11.3. The van der Waals surface area contributed by atoms with Gasteiger partial charge in [-0.25, -0.2) is 4.68 Å². The molecule has 0 radical (unpaired) electrons. The lowest BCUT2D eigenvalue weighted by atomic mass is 10.1. The van der Waals surface area contributed by atoms with Gasteiger partial charge in [-0.1, -0.05) is 59.3 Å². The Morgan fingerprint density at radius 1 is 0.964 bits per heavy atom. The molecule has 3 aromatic carbocycles. The number of nitrogens with zero attached hydrogens (tertiary/aromatic N) is 3. The van der Waals surface area contributed by atoms with Gasteiger partial charge in [-0.2, -0.15) is 0 Å². The van der Waals surface area contributed by atoms with Crippen molar-refractivity contribution in [1.82, 2.24) is 15.0 Å². The number of benzene rings is 3. The molecule has 1 aromatic heterocycles. The summed E-state index contributed by atoms with van der Waals surface area (Å²) in [7, 11) is 0. The largest absolute Gasteiger partial charge is 0.454 e. The van der Waals surface area contributed by atoms with E-state index in [0.717, 1.165) is 11.3 Å². The van der Waals surface area contributed by atoms with Crippen LogP contribution in [0.1, 0.15) is 10.4 Å². The van der Waals surface area contributed by atoms with Gasteiger partial charge in [0.05, 0.1) is 16.9 Å². The zero-order chi connectivity index (χ0) is 19.5. The van der Waals surface area contributed by atoms with Gasteiger partial charge < -0.3 is 10.5 Å². The van der Waals surface area contributed by atoms with Crippen LogP contribution in [0.5, 0.6) is 11.5 Å². The van der Waals surface area contributed by atoms with E-state index in [-0.39, 0.29) is 5.02 Å². The number of aromatic nitrogens is 3. The summed E-state index contributed by atoms with van der Waals surface area (Å²) in [6.07, 6.45) is 1.70. The third-order valence-electron chi connectivity index (χ3n) is 4.15. The molecule has 6 nitrogen and oxygen atoms in total. The van der Waals surface area contributed by atoms with Crippen molar-refractivity contribution in [3.05, 3.63) is 89.6 Å². The number of amides is 1. The van der Waals surface area contributed by atoms with E-state index in [9.17, 15) is 4.79 Å². The van der Waals surface area contributed by atoms with E-state index in [0.29, 0.717) is 22.7 Å². The van der Waals surface area contributed by atoms with Gasteiger partial charge in [-0.15, -0.1) is 5.10 Å². The molecule has 0 atom stereocenters. The predicted molar refractivity (Wildman–Crippen MR) is 107 cm³/mol. The molecule has 0 unspecified atom stereocenters. The molecule has 0 saturated carbocycles. The molecule has 0 aliphatic heterocycles. The fourth-order valence-electron chi connectivity index (χ4n) is 2.79. The van der Waals surface area contributed by atoms with E-state index >= 15 is 0 Å². The van der Waals surface area contributed by atoms with Gasteiger partial charge in [-0.05, 0) is 30.3 Å². The molecule has 0 aliphatic rings. The Morgan fingerprint density at radius 3 is 2.46 bits per heavy atom. The number of hydrogen-bond donors (Lipinski definition) is 1. The molecule has 0 spiro atoms. The van der Waals surface area contributed by atoms with Gasteiger partial charge in [0.2, 0.25) is 5.91 Å². The van der Waals surface area contributed by atoms with Gasteiger partial charge in [0.15, 0.2) is 5.75 Å². The molecule has 28 heavy (non-hydrogen) atoms. The molecule has 2 N–H and O–H groups in total. The molecular formula is C21H15ClN4O2. The first-order valence-corrected chi connectivity index (χ1v) is 8.84. The van der Waals surface area contributed by atoms with Crippen LogP contribution in [0.3, 0.4) is 0 Å². The number of ether oxygens (including phenoxy) is 1. The summed E-state index contributed by atoms with van der Waals surface area (Å²) in [6.45, 7) is 0. The van der Waals surface area contributed by atoms with Crippen LogP contribution in [-0.2, 0) is 0 Å². The quantitative estimate of drug-likeness (QED) is 0.544. The van der Waals surface area contributed by atoms with Crippen LogP contribution in [0.25, 0.3) is 16.9 Å². The van der Waals surface area contributed by atoms with Crippen molar-refractivity contribution in [2.45, 2.75) is 0 Å². The zero-order valence-corrected chi connectivity index (χ0v) is 15.4. The van der Waals surface area contributed by atoms with Crippen LogP contribution in [0, 0.1) is 0 Å². The molecule has 0 aliphatic carbocycles. The van der Waals surface area contributed by atoms with Crippen LogP contribution >= 0.6 is 11.6 Å². The Hall–Kier alpha value is -3.64. The first-order chi connectivity index (χ1) is 13.6. The van der Waals surface area contributed by atoms with Crippen molar-refractivity contribution in [3.8, 4) is 28.4 Å². The SMILES string of the molecule is NC(=O)c1ccc(Oc2ccccc2-n2nncc2-c2ccccc2)c(Cl)c1. The smallest absolute Gasteiger partial charge is 0.248 e.